The first-order valence-corrected chi connectivity index (χ1v) is 10.4. The molecule has 0 radical (unpaired) electrons. The second kappa shape index (κ2) is 12.4. The number of benzene rings is 2. The number of carbonyl (C=O) groups excluding carboxylic acids is 2. The van der Waals surface area contributed by atoms with Gasteiger partial charge in [-0.05, 0) is 43.2 Å². The molecule has 1 aliphatic heterocycles. The number of amides is 2. The Morgan fingerprint density at radius 1 is 1.22 bits per heavy atom. The number of nitrogens with one attached hydrogen (secondary N) is 2. The van der Waals surface area contributed by atoms with Gasteiger partial charge in [0.25, 0.3) is 0 Å². The molecule has 2 atom stereocenters. The van der Waals surface area contributed by atoms with E-state index in [4.69, 9.17) is 5.73 Å². The van der Waals surface area contributed by atoms with Crippen molar-refractivity contribution in [2.45, 2.75) is 25.8 Å². The second-order valence-corrected chi connectivity index (χ2v) is 7.53. The van der Waals surface area contributed by atoms with Crippen LogP contribution in [-0.2, 0) is 16.0 Å². The number of rotatable bonds is 8. The van der Waals surface area contributed by atoms with E-state index < -0.39 is 11.8 Å². The molecule has 3 rings (SSSR count). The zero-order chi connectivity index (χ0) is 22.2. The van der Waals surface area contributed by atoms with Crippen LogP contribution in [0.4, 0.5) is 10.1 Å². The zero-order valence-corrected chi connectivity index (χ0v) is 20.3. The molecule has 172 valence electrons. The summed E-state index contributed by atoms with van der Waals surface area (Å²) in [5.74, 6) is -0.736. The Morgan fingerprint density at radius 2 is 1.91 bits per heavy atom. The highest BCUT2D eigenvalue weighted by Crippen LogP contribution is 2.21. The van der Waals surface area contributed by atoms with Crippen LogP contribution in [0.3, 0.4) is 0 Å². The van der Waals surface area contributed by atoms with E-state index in [0.717, 1.165) is 11.3 Å². The fraction of sp³-hybridized carbons (Fsp3) is 0.348. The van der Waals surface area contributed by atoms with E-state index in [1.165, 1.54) is 12.1 Å². The third-order valence-corrected chi connectivity index (χ3v) is 5.15. The van der Waals surface area contributed by atoms with Gasteiger partial charge in [-0.15, -0.1) is 24.0 Å². The summed E-state index contributed by atoms with van der Waals surface area (Å²) in [5.41, 5.74) is 7.25. The minimum atomic E-state index is -0.521. The van der Waals surface area contributed by atoms with Crippen molar-refractivity contribution in [3.8, 4) is 0 Å². The van der Waals surface area contributed by atoms with E-state index in [2.05, 4.69) is 15.6 Å². The molecule has 9 heteroatoms. The largest absolute Gasteiger partial charge is 0.369 e. The summed E-state index contributed by atoms with van der Waals surface area (Å²) in [6.07, 6.45) is 0.732. The number of primary amides is 1. The molecular formula is C23H29FIN5O2. The third kappa shape index (κ3) is 7.18. The van der Waals surface area contributed by atoms with Crippen LogP contribution in [-0.4, -0.2) is 43.5 Å². The van der Waals surface area contributed by atoms with Gasteiger partial charge in [-0.1, -0.05) is 30.3 Å². The monoisotopic (exact) mass is 553 g/mol. The predicted molar refractivity (Wildman–Crippen MR) is 135 cm³/mol. The number of hydrogen-bond donors (Lipinski definition) is 3. The molecule has 32 heavy (non-hydrogen) atoms. The van der Waals surface area contributed by atoms with Gasteiger partial charge in [-0.25, -0.2) is 4.39 Å². The maximum absolute atomic E-state index is 13.1. The lowest BCUT2D eigenvalue weighted by molar-refractivity contribution is -0.121. The van der Waals surface area contributed by atoms with Crippen LogP contribution in [0.2, 0.25) is 0 Å². The normalized spacial score (nSPS) is 16.9. The molecule has 1 fully saturated rings. The van der Waals surface area contributed by atoms with E-state index in [1.54, 1.807) is 17.0 Å². The molecule has 2 aromatic carbocycles. The van der Waals surface area contributed by atoms with E-state index in [-0.39, 0.29) is 48.3 Å². The fourth-order valence-electron chi connectivity index (χ4n) is 3.54. The van der Waals surface area contributed by atoms with Gasteiger partial charge in [0.1, 0.15) is 5.82 Å². The van der Waals surface area contributed by atoms with Crippen molar-refractivity contribution in [1.82, 2.24) is 10.6 Å². The maximum Gasteiger partial charge on any atom is 0.229 e. The average molecular weight is 553 g/mol. The quantitative estimate of drug-likeness (QED) is 0.266. The molecule has 4 N–H and O–H groups in total. The van der Waals surface area contributed by atoms with E-state index in [0.29, 0.717) is 31.9 Å². The Bertz CT molecular complexity index is 924. The summed E-state index contributed by atoms with van der Waals surface area (Å²) in [7, 11) is 0. The van der Waals surface area contributed by atoms with E-state index >= 15 is 0 Å². The molecule has 0 bridgehead atoms. The maximum atomic E-state index is 13.1. The lowest BCUT2D eigenvalue weighted by Gasteiger charge is -2.19. The van der Waals surface area contributed by atoms with Crippen molar-refractivity contribution in [2.24, 2.45) is 16.6 Å². The van der Waals surface area contributed by atoms with Crippen LogP contribution in [0, 0.1) is 11.7 Å². The molecule has 7 nitrogen and oxygen atoms in total. The van der Waals surface area contributed by atoms with Gasteiger partial charge >= 0.3 is 0 Å². The van der Waals surface area contributed by atoms with Crippen molar-refractivity contribution in [3.05, 3.63) is 66.0 Å². The first-order valence-electron chi connectivity index (χ1n) is 10.4. The Labute approximate surface area is 204 Å². The Balaban J connectivity index is 0.00000363. The summed E-state index contributed by atoms with van der Waals surface area (Å²) >= 11 is 0. The summed E-state index contributed by atoms with van der Waals surface area (Å²) < 4.78 is 13.1. The number of para-hydroxylation sites is 1. The smallest absolute Gasteiger partial charge is 0.229 e. The minimum Gasteiger partial charge on any atom is -0.369 e. The number of nitrogens with zero attached hydrogens (tertiary/aromatic N) is 2. The summed E-state index contributed by atoms with van der Waals surface area (Å²) in [4.78, 5) is 30.6. The summed E-state index contributed by atoms with van der Waals surface area (Å²) in [6.45, 7) is 3.29. The first kappa shape index (κ1) is 25.6. The van der Waals surface area contributed by atoms with Gasteiger partial charge in [0, 0.05) is 25.2 Å². The van der Waals surface area contributed by atoms with Crippen LogP contribution in [0.25, 0.3) is 0 Å². The van der Waals surface area contributed by atoms with Crippen LogP contribution in [0.15, 0.2) is 59.6 Å². The van der Waals surface area contributed by atoms with Crippen LogP contribution in [0.5, 0.6) is 0 Å². The van der Waals surface area contributed by atoms with Gasteiger partial charge < -0.3 is 21.3 Å². The van der Waals surface area contributed by atoms with Crippen molar-refractivity contribution >= 4 is 47.4 Å². The van der Waals surface area contributed by atoms with Gasteiger partial charge in [-0.3, -0.25) is 14.6 Å². The summed E-state index contributed by atoms with van der Waals surface area (Å²) in [6, 6.07) is 15.4. The highest BCUT2D eigenvalue weighted by Gasteiger charge is 2.31. The number of nitrogens with two attached hydrogens (primary N) is 1. The Morgan fingerprint density at radius 3 is 2.53 bits per heavy atom. The van der Waals surface area contributed by atoms with Crippen LogP contribution >= 0.6 is 24.0 Å². The first-order chi connectivity index (χ1) is 15.0. The number of carbonyl (C=O) groups is 2. The second-order valence-electron chi connectivity index (χ2n) is 7.53. The van der Waals surface area contributed by atoms with Crippen molar-refractivity contribution in [2.75, 3.05) is 24.5 Å². The molecule has 2 amide bonds. The SMILES string of the molecule is CCNC(=NCC(Cc1ccc(F)cc1)C(N)=O)NC1CC(=O)N(c2ccccc2)C1.I. The molecule has 0 saturated carbocycles. The highest BCUT2D eigenvalue weighted by atomic mass is 127. The Hall–Kier alpha value is -2.69. The van der Waals surface area contributed by atoms with E-state index in [9.17, 15) is 14.0 Å². The fourth-order valence-corrected chi connectivity index (χ4v) is 3.54. The standard InChI is InChI=1S/C23H28FN5O2.HI/c1-2-26-23(27-14-17(22(25)31)12-16-8-10-18(24)11-9-16)28-19-13-21(30)29(15-19)20-6-4-3-5-7-20;/h3-11,17,19H,2,12-15H2,1H3,(H2,25,31)(H2,26,27,28);1H. The average Bonchev–Trinajstić information content (AvgIpc) is 3.13. The predicted octanol–water partition coefficient (Wildman–Crippen LogP) is 2.45. The number of halogens is 2. The van der Waals surface area contributed by atoms with Gasteiger partial charge in [0.15, 0.2) is 5.96 Å². The van der Waals surface area contributed by atoms with E-state index in [1.807, 2.05) is 37.3 Å². The van der Waals surface area contributed by atoms with Crippen LogP contribution in [0.1, 0.15) is 18.9 Å². The number of guanidine groups is 1. The zero-order valence-electron chi connectivity index (χ0n) is 18.0. The summed E-state index contributed by atoms with van der Waals surface area (Å²) in [5, 5.41) is 6.44. The lowest BCUT2D eigenvalue weighted by atomic mass is 9.99. The third-order valence-electron chi connectivity index (χ3n) is 5.15. The molecule has 0 aliphatic carbocycles. The topological polar surface area (TPSA) is 99.8 Å². The molecular weight excluding hydrogens is 524 g/mol. The number of hydrogen-bond acceptors (Lipinski definition) is 3. The molecule has 1 aliphatic rings. The molecule has 0 spiro atoms. The van der Waals surface area contributed by atoms with Crippen molar-refractivity contribution in [1.29, 1.82) is 0 Å². The number of aliphatic imine (C=N–C) groups is 1. The molecule has 2 unspecified atom stereocenters. The van der Waals surface area contributed by atoms with Crippen molar-refractivity contribution in [3.63, 3.8) is 0 Å². The van der Waals surface area contributed by atoms with Crippen LogP contribution < -0.4 is 21.3 Å². The molecule has 1 heterocycles. The highest BCUT2D eigenvalue weighted by molar-refractivity contribution is 14.0. The lowest BCUT2D eigenvalue weighted by Crippen LogP contribution is -2.45. The molecule has 1 saturated heterocycles. The van der Waals surface area contributed by atoms with Crippen molar-refractivity contribution < 1.29 is 14.0 Å². The minimum absolute atomic E-state index is 0. The molecule has 0 aromatic heterocycles. The Kier molecular flexibility index (Phi) is 9.89. The van der Waals surface area contributed by atoms with Gasteiger partial charge in [0.2, 0.25) is 11.8 Å². The molecule has 2 aromatic rings. The number of anilines is 1. The van der Waals surface area contributed by atoms with Gasteiger partial charge in [-0.2, -0.15) is 0 Å². The van der Waals surface area contributed by atoms with Gasteiger partial charge in [0.05, 0.1) is 18.5 Å².